The molecular weight excluding hydrogens is 180 g/mol. The minimum absolute atomic E-state index is 0.189. The Labute approximate surface area is 85.5 Å². The van der Waals surface area contributed by atoms with Crippen LogP contribution in [0.3, 0.4) is 0 Å². The number of piperidine rings is 1. The van der Waals surface area contributed by atoms with Gasteiger partial charge in [0, 0.05) is 19.5 Å². The molecule has 0 radical (unpaired) electrons. The summed E-state index contributed by atoms with van der Waals surface area (Å²) in [6.07, 6.45) is 1.80. The van der Waals surface area contributed by atoms with Crippen molar-refractivity contribution in [3.8, 4) is 0 Å². The molecule has 0 aromatic heterocycles. The summed E-state index contributed by atoms with van der Waals surface area (Å²) in [7, 11) is 4.04. The fraction of sp³-hybridized carbons (Fsp3) is 0.900. The van der Waals surface area contributed by atoms with Crippen molar-refractivity contribution in [2.45, 2.75) is 25.4 Å². The van der Waals surface area contributed by atoms with Gasteiger partial charge in [0.05, 0.1) is 6.10 Å². The summed E-state index contributed by atoms with van der Waals surface area (Å²) in [5, 5.41) is 9.40. The number of aliphatic hydroxyl groups excluding tert-OH is 1. The van der Waals surface area contributed by atoms with Crippen molar-refractivity contribution in [2.24, 2.45) is 0 Å². The highest BCUT2D eigenvalue weighted by Gasteiger charge is 2.23. The normalized spacial score (nSPS) is 23.3. The van der Waals surface area contributed by atoms with Gasteiger partial charge in [-0.1, -0.05) is 0 Å². The number of hydrogen-bond donors (Lipinski definition) is 1. The highest BCUT2D eigenvalue weighted by atomic mass is 16.3. The Hall–Kier alpha value is -0.610. The third kappa shape index (κ3) is 3.64. The van der Waals surface area contributed by atoms with Crippen LogP contribution in [0.2, 0.25) is 0 Å². The van der Waals surface area contributed by atoms with Crippen molar-refractivity contribution in [3.05, 3.63) is 0 Å². The average Bonchev–Trinajstić information content (AvgIpc) is 2.10. The van der Waals surface area contributed by atoms with E-state index >= 15 is 0 Å². The molecule has 0 aromatic rings. The van der Waals surface area contributed by atoms with Gasteiger partial charge in [0.15, 0.2) is 0 Å². The second kappa shape index (κ2) is 5.32. The fourth-order valence-corrected chi connectivity index (χ4v) is 1.69. The molecule has 1 rings (SSSR count). The number of rotatable bonds is 4. The Bertz CT molecular complexity index is 195. The Kier molecular flexibility index (Phi) is 4.35. The molecule has 1 aliphatic rings. The molecule has 0 aromatic carbocycles. The molecule has 1 fully saturated rings. The van der Waals surface area contributed by atoms with Gasteiger partial charge in [0.2, 0.25) is 5.91 Å². The highest BCUT2D eigenvalue weighted by molar-refractivity contribution is 5.77. The molecule has 1 heterocycles. The standard InChI is InChI=1S/C10H20N2O2/c1-11(2)6-3-7-12-8-9(13)4-5-10(12)14/h9,13H,3-8H2,1-2H3. The van der Waals surface area contributed by atoms with Crippen molar-refractivity contribution >= 4 is 5.91 Å². The van der Waals surface area contributed by atoms with Gasteiger partial charge < -0.3 is 14.9 Å². The summed E-state index contributed by atoms with van der Waals surface area (Å²) in [6, 6.07) is 0. The van der Waals surface area contributed by atoms with Gasteiger partial charge in [-0.05, 0) is 33.5 Å². The lowest BCUT2D eigenvalue weighted by atomic mass is 10.1. The van der Waals surface area contributed by atoms with Crippen LogP contribution in [-0.2, 0) is 4.79 Å². The topological polar surface area (TPSA) is 43.8 Å². The minimum atomic E-state index is -0.313. The van der Waals surface area contributed by atoms with Gasteiger partial charge in [0.25, 0.3) is 0 Å². The Balaban J connectivity index is 2.24. The van der Waals surface area contributed by atoms with E-state index in [0.29, 0.717) is 19.4 Å². The van der Waals surface area contributed by atoms with E-state index < -0.39 is 0 Å². The first-order valence-corrected chi connectivity index (χ1v) is 5.20. The zero-order valence-corrected chi connectivity index (χ0v) is 9.07. The summed E-state index contributed by atoms with van der Waals surface area (Å²) in [6.45, 7) is 2.28. The predicted molar refractivity (Wildman–Crippen MR) is 55.0 cm³/mol. The number of likely N-dealkylation sites (tertiary alicyclic amines) is 1. The molecule has 0 saturated carbocycles. The lowest BCUT2D eigenvalue weighted by Crippen LogP contribution is -2.43. The Morgan fingerprint density at radius 3 is 2.93 bits per heavy atom. The van der Waals surface area contributed by atoms with Crippen molar-refractivity contribution in [1.82, 2.24) is 9.80 Å². The van der Waals surface area contributed by atoms with Crippen molar-refractivity contribution in [2.75, 3.05) is 33.7 Å². The molecule has 0 bridgehead atoms. The smallest absolute Gasteiger partial charge is 0.222 e. The zero-order chi connectivity index (χ0) is 10.6. The third-order valence-electron chi connectivity index (χ3n) is 2.51. The summed E-state index contributed by atoms with van der Waals surface area (Å²) in [5.41, 5.74) is 0. The lowest BCUT2D eigenvalue weighted by Gasteiger charge is -2.30. The van der Waals surface area contributed by atoms with Crippen LogP contribution in [0.15, 0.2) is 0 Å². The summed E-state index contributed by atoms with van der Waals surface area (Å²) >= 11 is 0. The molecule has 0 aliphatic carbocycles. The average molecular weight is 200 g/mol. The van der Waals surface area contributed by atoms with Crippen LogP contribution >= 0.6 is 0 Å². The Morgan fingerprint density at radius 1 is 1.57 bits per heavy atom. The van der Waals surface area contributed by atoms with Gasteiger partial charge in [0.1, 0.15) is 0 Å². The minimum Gasteiger partial charge on any atom is -0.391 e. The molecule has 1 atom stereocenters. The maximum Gasteiger partial charge on any atom is 0.222 e. The van der Waals surface area contributed by atoms with Crippen LogP contribution in [-0.4, -0.2) is 60.6 Å². The van der Waals surface area contributed by atoms with E-state index in [4.69, 9.17) is 0 Å². The van der Waals surface area contributed by atoms with Gasteiger partial charge in [-0.2, -0.15) is 0 Å². The SMILES string of the molecule is CN(C)CCCN1CC(O)CCC1=O. The van der Waals surface area contributed by atoms with Gasteiger partial charge in [-0.15, -0.1) is 0 Å². The van der Waals surface area contributed by atoms with Crippen molar-refractivity contribution in [1.29, 1.82) is 0 Å². The maximum absolute atomic E-state index is 11.4. The maximum atomic E-state index is 11.4. The van der Waals surface area contributed by atoms with Gasteiger partial charge in [-0.25, -0.2) is 0 Å². The van der Waals surface area contributed by atoms with E-state index in [9.17, 15) is 9.90 Å². The Morgan fingerprint density at radius 2 is 2.29 bits per heavy atom. The van der Waals surface area contributed by atoms with E-state index in [2.05, 4.69) is 4.90 Å². The molecule has 82 valence electrons. The van der Waals surface area contributed by atoms with Crippen LogP contribution in [0.25, 0.3) is 0 Å². The number of β-amino-alcohol motifs (C(OH)–C–C–N with tert-alkyl or cyclic N) is 1. The van der Waals surface area contributed by atoms with E-state index in [0.717, 1.165) is 19.5 Å². The number of hydrogen-bond acceptors (Lipinski definition) is 3. The number of carbonyl (C=O) groups is 1. The number of nitrogens with zero attached hydrogens (tertiary/aromatic N) is 2. The molecule has 4 nitrogen and oxygen atoms in total. The molecular formula is C10H20N2O2. The first-order chi connectivity index (χ1) is 6.59. The predicted octanol–water partition coefficient (Wildman–Crippen LogP) is -0.0786. The van der Waals surface area contributed by atoms with Crippen LogP contribution < -0.4 is 0 Å². The first kappa shape index (κ1) is 11.5. The van der Waals surface area contributed by atoms with Gasteiger partial charge >= 0.3 is 0 Å². The zero-order valence-electron chi connectivity index (χ0n) is 9.07. The van der Waals surface area contributed by atoms with E-state index in [1.165, 1.54) is 0 Å². The van der Waals surface area contributed by atoms with Crippen LogP contribution in [0.4, 0.5) is 0 Å². The second-order valence-corrected chi connectivity index (χ2v) is 4.19. The monoisotopic (exact) mass is 200 g/mol. The molecule has 0 spiro atoms. The molecule has 1 saturated heterocycles. The molecule has 1 N–H and O–H groups in total. The number of aliphatic hydroxyl groups is 1. The third-order valence-corrected chi connectivity index (χ3v) is 2.51. The molecule has 1 amide bonds. The van der Waals surface area contributed by atoms with Crippen LogP contribution in [0.5, 0.6) is 0 Å². The quantitative estimate of drug-likeness (QED) is 0.690. The highest BCUT2D eigenvalue weighted by Crippen LogP contribution is 2.11. The molecule has 14 heavy (non-hydrogen) atoms. The lowest BCUT2D eigenvalue weighted by molar-refractivity contribution is -0.136. The summed E-state index contributed by atoms with van der Waals surface area (Å²) < 4.78 is 0. The van der Waals surface area contributed by atoms with Crippen LogP contribution in [0.1, 0.15) is 19.3 Å². The summed E-state index contributed by atoms with van der Waals surface area (Å²) in [4.78, 5) is 15.3. The van der Waals surface area contributed by atoms with E-state index in [1.54, 1.807) is 4.90 Å². The first-order valence-electron chi connectivity index (χ1n) is 5.20. The van der Waals surface area contributed by atoms with E-state index in [-0.39, 0.29) is 12.0 Å². The largest absolute Gasteiger partial charge is 0.391 e. The van der Waals surface area contributed by atoms with Crippen LogP contribution in [0, 0.1) is 0 Å². The van der Waals surface area contributed by atoms with Crippen molar-refractivity contribution in [3.63, 3.8) is 0 Å². The number of amides is 1. The summed E-state index contributed by atoms with van der Waals surface area (Å²) in [5.74, 6) is 0.189. The second-order valence-electron chi connectivity index (χ2n) is 4.19. The molecule has 1 unspecified atom stereocenters. The number of carbonyl (C=O) groups excluding carboxylic acids is 1. The molecule has 4 heteroatoms. The van der Waals surface area contributed by atoms with Crippen molar-refractivity contribution < 1.29 is 9.90 Å². The van der Waals surface area contributed by atoms with Gasteiger partial charge in [-0.3, -0.25) is 4.79 Å². The van der Waals surface area contributed by atoms with E-state index in [1.807, 2.05) is 14.1 Å². The fourth-order valence-electron chi connectivity index (χ4n) is 1.69. The molecule has 1 aliphatic heterocycles.